The minimum Gasteiger partial charge on any atom is -0.356 e. The van der Waals surface area contributed by atoms with Crippen molar-refractivity contribution in [2.45, 2.75) is 84.1 Å². The molecule has 0 aromatic carbocycles. The van der Waals surface area contributed by atoms with Gasteiger partial charge < -0.3 is 37.2 Å². The van der Waals surface area contributed by atoms with Crippen molar-refractivity contribution in [2.24, 2.45) is 0 Å². The first-order chi connectivity index (χ1) is 18.5. The van der Waals surface area contributed by atoms with Gasteiger partial charge in [0.05, 0.1) is 0 Å². The lowest BCUT2D eigenvalue weighted by Gasteiger charge is -2.34. The normalized spacial score (nSPS) is 10.8. The molecule has 7 N–H and O–H groups in total. The van der Waals surface area contributed by atoms with Crippen LogP contribution in [0.2, 0.25) is 0 Å². The average Bonchev–Trinajstić information content (AvgIpc) is 2.87. The summed E-state index contributed by atoms with van der Waals surface area (Å²) in [6.07, 6.45) is 3.82. The maximum absolute atomic E-state index is 12.4. The van der Waals surface area contributed by atoms with E-state index < -0.39 is 5.54 Å². The molecule has 224 valence electrons. The van der Waals surface area contributed by atoms with Gasteiger partial charge in [0.1, 0.15) is 0 Å². The van der Waals surface area contributed by atoms with Crippen LogP contribution in [0.15, 0.2) is 0 Å². The smallest absolute Gasteiger partial charge is 0.220 e. The number of carbonyl (C=O) groups is 6. The number of carbonyl (C=O) groups excluding carboxylic acids is 6. The Hall–Kier alpha value is -3.22. The fourth-order valence-corrected chi connectivity index (χ4v) is 3.82. The maximum atomic E-state index is 12.4. The quantitative estimate of drug-likeness (QED) is 0.0853. The Bertz CT molecular complexity index is 693. The van der Waals surface area contributed by atoms with Crippen molar-refractivity contribution in [3.05, 3.63) is 0 Å². The molecule has 13 nitrogen and oxygen atoms in total. The van der Waals surface area contributed by atoms with Gasteiger partial charge in [0.25, 0.3) is 0 Å². The minimum atomic E-state index is -0.603. The van der Waals surface area contributed by atoms with Gasteiger partial charge in [0.15, 0.2) is 0 Å². The second kappa shape index (κ2) is 21.7. The molecule has 0 radical (unpaired) electrons. The highest BCUT2D eigenvalue weighted by Crippen LogP contribution is 2.25. The summed E-state index contributed by atoms with van der Waals surface area (Å²) in [5, 5.41) is 19.8. The molecule has 0 saturated carbocycles. The van der Waals surface area contributed by atoms with Crippen molar-refractivity contribution in [2.75, 3.05) is 46.3 Å². The maximum Gasteiger partial charge on any atom is 0.220 e. The highest BCUT2D eigenvalue weighted by atomic mass is 16.2. The van der Waals surface area contributed by atoms with Gasteiger partial charge >= 0.3 is 0 Å². The lowest BCUT2D eigenvalue weighted by molar-refractivity contribution is -0.122. The molecule has 0 fully saturated rings. The van der Waals surface area contributed by atoms with E-state index in [2.05, 4.69) is 37.2 Å². The second-order valence-corrected chi connectivity index (χ2v) is 9.59. The van der Waals surface area contributed by atoms with E-state index in [1.165, 1.54) is 20.8 Å². The van der Waals surface area contributed by atoms with Crippen LogP contribution in [-0.4, -0.2) is 87.3 Å². The standard InChI is InChI=1S/C26H49N7O6/c1-20(34)28-14-5-17-31-23(37)8-11-26(27-4,12-9-24(38)32-18-6-15-29-21(2)35)13-10-25(39)33-19-7-16-30-22(3)36/h27H,5-19H2,1-4H3,(H,28,34)(H,29,35)(H,30,36)(H,31,37)(H,32,38)(H,33,39). The summed E-state index contributed by atoms with van der Waals surface area (Å²) < 4.78 is 0. The highest BCUT2D eigenvalue weighted by Gasteiger charge is 2.30. The molecule has 0 heterocycles. The molecule has 0 aromatic heterocycles. The fourth-order valence-electron chi connectivity index (χ4n) is 3.82. The molecule has 0 saturated heterocycles. The van der Waals surface area contributed by atoms with Crippen molar-refractivity contribution in [1.82, 2.24) is 37.2 Å². The lowest BCUT2D eigenvalue weighted by atomic mass is 9.83. The van der Waals surface area contributed by atoms with Crippen molar-refractivity contribution in [1.29, 1.82) is 0 Å². The molecule has 0 spiro atoms. The van der Waals surface area contributed by atoms with Gasteiger partial charge in [0, 0.05) is 84.8 Å². The van der Waals surface area contributed by atoms with Crippen LogP contribution in [0, 0.1) is 0 Å². The van der Waals surface area contributed by atoms with Gasteiger partial charge in [-0.3, -0.25) is 28.8 Å². The Morgan fingerprint density at radius 2 is 0.718 bits per heavy atom. The predicted molar refractivity (Wildman–Crippen MR) is 148 cm³/mol. The van der Waals surface area contributed by atoms with E-state index in [1.54, 1.807) is 7.05 Å². The van der Waals surface area contributed by atoms with E-state index in [0.29, 0.717) is 77.8 Å². The first-order valence-electron chi connectivity index (χ1n) is 13.7. The first kappa shape index (κ1) is 35.8. The monoisotopic (exact) mass is 555 g/mol. The van der Waals surface area contributed by atoms with E-state index in [0.717, 1.165) is 0 Å². The van der Waals surface area contributed by atoms with Crippen molar-refractivity contribution in [3.63, 3.8) is 0 Å². The molecule has 0 atom stereocenters. The first-order valence-corrected chi connectivity index (χ1v) is 13.7. The Kier molecular flexibility index (Phi) is 19.9. The lowest BCUT2D eigenvalue weighted by Crippen LogP contribution is -2.46. The van der Waals surface area contributed by atoms with Crippen LogP contribution < -0.4 is 37.2 Å². The number of hydrogen-bond acceptors (Lipinski definition) is 7. The Balaban J connectivity index is 4.83. The van der Waals surface area contributed by atoms with Crippen LogP contribution in [0.3, 0.4) is 0 Å². The number of rotatable bonds is 22. The molecule has 39 heavy (non-hydrogen) atoms. The van der Waals surface area contributed by atoms with Crippen LogP contribution in [0.25, 0.3) is 0 Å². The van der Waals surface area contributed by atoms with Crippen LogP contribution >= 0.6 is 0 Å². The Morgan fingerprint density at radius 1 is 0.462 bits per heavy atom. The molecule has 0 bridgehead atoms. The number of amides is 6. The number of nitrogens with one attached hydrogen (secondary N) is 7. The van der Waals surface area contributed by atoms with E-state index in [9.17, 15) is 28.8 Å². The van der Waals surface area contributed by atoms with Gasteiger partial charge in [0.2, 0.25) is 35.4 Å². The van der Waals surface area contributed by atoms with E-state index in [-0.39, 0.29) is 54.7 Å². The van der Waals surface area contributed by atoms with E-state index >= 15 is 0 Å². The van der Waals surface area contributed by atoms with Crippen LogP contribution in [-0.2, 0) is 28.8 Å². The molecule has 0 aliphatic rings. The molecule has 13 heteroatoms. The van der Waals surface area contributed by atoms with Gasteiger partial charge in [-0.15, -0.1) is 0 Å². The van der Waals surface area contributed by atoms with Crippen molar-refractivity contribution >= 4 is 35.4 Å². The van der Waals surface area contributed by atoms with Gasteiger partial charge in [-0.1, -0.05) is 0 Å². The van der Waals surface area contributed by atoms with Gasteiger partial charge in [-0.2, -0.15) is 0 Å². The molecular formula is C26H49N7O6. The number of hydrogen-bond donors (Lipinski definition) is 7. The minimum absolute atomic E-state index is 0.117. The zero-order chi connectivity index (χ0) is 29.5. The summed E-state index contributed by atoms with van der Waals surface area (Å²) in [6, 6.07) is 0. The highest BCUT2D eigenvalue weighted by molar-refractivity contribution is 5.78. The second-order valence-electron chi connectivity index (χ2n) is 9.59. The summed E-state index contributed by atoms with van der Waals surface area (Å²) in [6.45, 7) is 7.08. The fraction of sp³-hybridized carbons (Fsp3) is 0.769. The van der Waals surface area contributed by atoms with Crippen molar-refractivity contribution in [3.8, 4) is 0 Å². The SMILES string of the molecule is CNC(CCC(=O)NCCCNC(C)=O)(CCC(=O)NCCCNC(C)=O)CCC(=O)NCCCNC(C)=O. The molecule has 0 unspecified atom stereocenters. The predicted octanol–water partition coefficient (Wildman–Crippen LogP) is -0.788. The van der Waals surface area contributed by atoms with Crippen LogP contribution in [0.1, 0.15) is 78.6 Å². The molecule has 6 amide bonds. The molecule has 0 aliphatic heterocycles. The van der Waals surface area contributed by atoms with Crippen molar-refractivity contribution < 1.29 is 28.8 Å². The zero-order valence-electron chi connectivity index (χ0n) is 24.1. The molecule has 0 rings (SSSR count). The topological polar surface area (TPSA) is 187 Å². The van der Waals surface area contributed by atoms with Crippen LogP contribution in [0.5, 0.6) is 0 Å². The van der Waals surface area contributed by atoms with Gasteiger partial charge in [-0.25, -0.2) is 0 Å². The Labute approximate surface area is 232 Å². The molecule has 0 aromatic rings. The largest absolute Gasteiger partial charge is 0.356 e. The average molecular weight is 556 g/mol. The van der Waals surface area contributed by atoms with Crippen LogP contribution in [0.4, 0.5) is 0 Å². The zero-order valence-corrected chi connectivity index (χ0v) is 24.1. The van der Waals surface area contributed by atoms with E-state index in [4.69, 9.17) is 0 Å². The summed E-state index contributed by atoms with van der Waals surface area (Å²) in [7, 11) is 1.77. The summed E-state index contributed by atoms with van der Waals surface area (Å²) in [5.74, 6) is -0.761. The van der Waals surface area contributed by atoms with Gasteiger partial charge in [-0.05, 0) is 45.6 Å². The summed E-state index contributed by atoms with van der Waals surface area (Å²) in [4.78, 5) is 70.1. The third-order valence-electron chi connectivity index (χ3n) is 6.17. The summed E-state index contributed by atoms with van der Waals surface area (Å²) in [5.41, 5.74) is -0.603. The molecular weight excluding hydrogens is 506 g/mol. The third kappa shape index (κ3) is 21.4. The molecule has 0 aliphatic carbocycles. The summed E-state index contributed by atoms with van der Waals surface area (Å²) >= 11 is 0. The third-order valence-corrected chi connectivity index (χ3v) is 6.17. The van der Waals surface area contributed by atoms with E-state index in [1.807, 2.05) is 0 Å². The Morgan fingerprint density at radius 3 is 0.949 bits per heavy atom.